The molecule has 0 aromatic rings. The van der Waals surface area contributed by atoms with Crippen LogP contribution < -0.4 is 0 Å². The van der Waals surface area contributed by atoms with Crippen LogP contribution in [0.5, 0.6) is 0 Å². The Kier molecular flexibility index (Phi) is 11.3. The molecular formula is C12H12O9. The standard InChI is InChI=1S/C4H4O4.C4H2O3.C4H6O2/c5-3(6)1-2-4(7)8;5-3-1-2-4(6)7-3;1-3-6-4(2)5/h1-2H,(H,5,6)(H,7,8);1-2H;3H,1H2,2H3/b2-1-;;. The van der Waals surface area contributed by atoms with Gasteiger partial charge in [-0.3, -0.25) is 4.79 Å². The number of carbonyl (C=O) groups excluding carboxylic acids is 3. The van der Waals surface area contributed by atoms with Crippen LogP contribution in [0.25, 0.3) is 0 Å². The molecule has 1 heterocycles. The van der Waals surface area contributed by atoms with Gasteiger partial charge in [0, 0.05) is 31.2 Å². The van der Waals surface area contributed by atoms with Gasteiger partial charge in [-0.05, 0) is 0 Å². The van der Waals surface area contributed by atoms with Crippen molar-refractivity contribution in [2.75, 3.05) is 0 Å². The van der Waals surface area contributed by atoms with E-state index in [1.165, 1.54) is 6.92 Å². The van der Waals surface area contributed by atoms with E-state index in [4.69, 9.17) is 10.2 Å². The van der Waals surface area contributed by atoms with Gasteiger partial charge in [0.2, 0.25) is 0 Å². The van der Waals surface area contributed by atoms with Crippen LogP contribution in [-0.2, 0) is 33.4 Å². The van der Waals surface area contributed by atoms with E-state index >= 15 is 0 Å². The van der Waals surface area contributed by atoms with Crippen molar-refractivity contribution in [1.82, 2.24) is 0 Å². The van der Waals surface area contributed by atoms with Crippen LogP contribution in [0.15, 0.2) is 37.1 Å². The van der Waals surface area contributed by atoms with Crippen LogP contribution >= 0.6 is 0 Å². The number of hydrogen-bond donors (Lipinski definition) is 2. The molecule has 9 nitrogen and oxygen atoms in total. The topological polar surface area (TPSA) is 144 Å². The second-order valence-electron chi connectivity index (χ2n) is 2.86. The lowest BCUT2D eigenvalue weighted by Crippen LogP contribution is -1.96. The SMILES string of the molecule is C=COC(C)=O.O=C(O)/C=C\C(=O)O.O=C1C=CC(=O)O1. The Morgan fingerprint density at radius 1 is 1.10 bits per heavy atom. The van der Waals surface area contributed by atoms with Gasteiger partial charge in [-0.25, -0.2) is 19.2 Å². The number of rotatable bonds is 3. The fourth-order valence-corrected chi connectivity index (χ4v) is 0.563. The first-order chi connectivity index (χ1) is 9.68. The lowest BCUT2D eigenvalue weighted by atomic mass is 10.5. The molecular weight excluding hydrogens is 288 g/mol. The predicted octanol–water partition coefficient (Wildman–Crippen LogP) is 0.0308. The van der Waals surface area contributed by atoms with E-state index < -0.39 is 23.9 Å². The molecule has 1 rings (SSSR count). The number of ether oxygens (including phenoxy) is 2. The summed E-state index contributed by atoms with van der Waals surface area (Å²) in [6.07, 6.45) is 4.39. The summed E-state index contributed by atoms with van der Waals surface area (Å²) >= 11 is 0. The molecule has 0 saturated heterocycles. The highest BCUT2D eigenvalue weighted by Gasteiger charge is 2.10. The second-order valence-corrected chi connectivity index (χ2v) is 2.86. The van der Waals surface area contributed by atoms with Crippen molar-refractivity contribution in [3.63, 3.8) is 0 Å². The fourth-order valence-electron chi connectivity index (χ4n) is 0.563. The summed E-state index contributed by atoms with van der Waals surface area (Å²) < 4.78 is 8.14. The van der Waals surface area contributed by atoms with Crippen LogP contribution in [0, 0.1) is 0 Å². The molecule has 0 spiro atoms. The van der Waals surface area contributed by atoms with Crippen molar-refractivity contribution < 1.29 is 43.7 Å². The molecule has 0 fully saturated rings. The molecule has 1 aliphatic heterocycles. The molecule has 0 aliphatic carbocycles. The van der Waals surface area contributed by atoms with Gasteiger partial charge in [-0.15, -0.1) is 0 Å². The average molecular weight is 300 g/mol. The van der Waals surface area contributed by atoms with Gasteiger partial charge in [0.15, 0.2) is 0 Å². The zero-order valence-corrected chi connectivity index (χ0v) is 10.8. The average Bonchev–Trinajstić information content (AvgIpc) is 2.72. The first-order valence-corrected chi connectivity index (χ1v) is 5.05. The maximum atomic E-state index is 9.92. The van der Waals surface area contributed by atoms with Crippen LogP contribution in [0.1, 0.15) is 6.92 Å². The van der Waals surface area contributed by atoms with Crippen LogP contribution in [0.4, 0.5) is 0 Å². The number of hydrogen-bond acceptors (Lipinski definition) is 7. The maximum absolute atomic E-state index is 9.92. The van der Waals surface area contributed by atoms with E-state index in [0.717, 1.165) is 18.4 Å². The van der Waals surface area contributed by atoms with E-state index in [-0.39, 0.29) is 5.97 Å². The summed E-state index contributed by atoms with van der Waals surface area (Å²) in [6, 6.07) is 0. The third-order valence-electron chi connectivity index (χ3n) is 1.17. The fraction of sp³-hybridized carbons (Fsp3) is 0.0833. The third kappa shape index (κ3) is 19.3. The lowest BCUT2D eigenvalue weighted by Gasteiger charge is -1.83. The minimum Gasteiger partial charge on any atom is -0.478 e. The Bertz CT molecular complexity index is 453. The first kappa shape index (κ1) is 20.1. The predicted molar refractivity (Wildman–Crippen MR) is 66.6 cm³/mol. The highest BCUT2D eigenvalue weighted by molar-refractivity contribution is 6.04. The number of cyclic esters (lactones) is 2. The molecule has 2 N–H and O–H groups in total. The van der Waals surface area contributed by atoms with Crippen LogP contribution in [0.2, 0.25) is 0 Å². The lowest BCUT2D eigenvalue weighted by molar-refractivity contribution is -0.150. The third-order valence-corrected chi connectivity index (χ3v) is 1.17. The summed E-state index contributed by atoms with van der Waals surface area (Å²) in [5.41, 5.74) is 0. The van der Waals surface area contributed by atoms with Crippen molar-refractivity contribution in [1.29, 1.82) is 0 Å². The Labute approximate surface area is 118 Å². The normalized spacial score (nSPS) is 11.5. The van der Waals surface area contributed by atoms with Crippen molar-refractivity contribution >= 4 is 29.8 Å². The summed E-state index contributed by atoms with van der Waals surface area (Å²) in [5, 5.41) is 15.6. The number of carboxylic acid groups (broad SMARTS) is 2. The molecule has 0 aromatic heterocycles. The molecule has 0 bridgehead atoms. The smallest absolute Gasteiger partial charge is 0.338 e. The zero-order valence-electron chi connectivity index (χ0n) is 10.8. The molecule has 0 radical (unpaired) electrons. The van der Waals surface area contributed by atoms with Gasteiger partial charge in [0.1, 0.15) is 0 Å². The summed E-state index contributed by atoms with van der Waals surface area (Å²) in [7, 11) is 0. The Morgan fingerprint density at radius 2 is 1.48 bits per heavy atom. The molecule has 0 unspecified atom stereocenters. The highest BCUT2D eigenvalue weighted by Crippen LogP contribution is 1.92. The van der Waals surface area contributed by atoms with E-state index in [2.05, 4.69) is 16.1 Å². The van der Waals surface area contributed by atoms with E-state index in [1.54, 1.807) is 0 Å². The first-order valence-electron chi connectivity index (χ1n) is 5.05. The van der Waals surface area contributed by atoms with Crippen LogP contribution in [-0.4, -0.2) is 40.1 Å². The van der Waals surface area contributed by atoms with E-state index in [0.29, 0.717) is 12.2 Å². The molecule has 9 heteroatoms. The second kappa shape index (κ2) is 11.8. The van der Waals surface area contributed by atoms with E-state index in [1.807, 2.05) is 0 Å². The Balaban J connectivity index is 0. The Morgan fingerprint density at radius 3 is 1.57 bits per heavy atom. The van der Waals surface area contributed by atoms with Gasteiger partial charge in [-0.2, -0.15) is 0 Å². The minimum absolute atomic E-state index is 0.329. The molecule has 0 aromatic carbocycles. The van der Waals surface area contributed by atoms with Crippen molar-refractivity contribution in [3.05, 3.63) is 37.1 Å². The Hall–Kier alpha value is -3.23. The number of carbonyl (C=O) groups is 5. The summed E-state index contributed by atoms with van der Waals surface area (Å²) in [5.74, 6) is -4.00. The van der Waals surface area contributed by atoms with Crippen molar-refractivity contribution in [2.24, 2.45) is 0 Å². The van der Waals surface area contributed by atoms with Gasteiger partial charge >= 0.3 is 29.8 Å². The van der Waals surface area contributed by atoms with Gasteiger partial charge in [-0.1, -0.05) is 6.58 Å². The van der Waals surface area contributed by atoms with Crippen molar-refractivity contribution in [2.45, 2.75) is 6.92 Å². The monoisotopic (exact) mass is 300 g/mol. The number of carboxylic acids is 2. The molecule has 114 valence electrons. The molecule has 0 atom stereocenters. The summed E-state index contributed by atoms with van der Waals surface area (Å²) in [4.78, 5) is 48.7. The quantitative estimate of drug-likeness (QED) is 0.319. The minimum atomic E-state index is -1.26. The van der Waals surface area contributed by atoms with Crippen molar-refractivity contribution in [3.8, 4) is 0 Å². The molecule has 1 aliphatic rings. The molecule has 0 amide bonds. The number of aliphatic carboxylic acids is 2. The summed E-state index contributed by atoms with van der Waals surface area (Å²) in [6.45, 7) is 4.48. The maximum Gasteiger partial charge on any atom is 0.338 e. The number of esters is 3. The van der Waals surface area contributed by atoms with Gasteiger partial charge < -0.3 is 19.7 Å². The molecule has 0 saturated carbocycles. The van der Waals surface area contributed by atoms with Crippen LogP contribution in [0.3, 0.4) is 0 Å². The molecule has 21 heavy (non-hydrogen) atoms. The largest absolute Gasteiger partial charge is 0.478 e. The van der Waals surface area contributed by atoms with Gasteiger partial charge in [0.05, 0.1) is 6.26 Å². The zero-order chi connectivity index (χ0) is 16.8. The highest BCUT2D eigenvalue weighted by atomic mass is 16.6. The van der Waals surface area contributed by atoms with Gasteiger partial charge in [0.25, 0.3) is 0 Å². The van der Waals surface area contributed by atoms with E-state index in [9.17, 15) is 24.0 Å².